The third-order valence-corrected chi connectivity index (χ3v) is 4.30. The maximum absolute atomic E-state index is 11.7. The minimum atomic E-state index is -3.27. The van der Waals surface area contributed by atoms with Crippen molar-refractivity contribution in [2.24, 2.45) is 0 Å². The molecule has 0 saturated carbocycles. The van der Waals surface area contributed by atoms with Crippen LogP contribution < -0.4 is 5.32 Å². The van der Waals surface area contributed by atoms with E-state index < -0.39 is 27.9 Å². The fourth-order valence-corrected chi connectivity index (χ4v) is 3.31. The molecule has 1 aliphatic heterocycles. The van der Waals surface area contributed by atoms with Crippen LogP contribution in [0, 0.1) is 0 Å². The summed E-state index contributed by atoms with van der Waals surface area (Å²) in [5, 5.41) is 11.3. The number of carboxylic acid groups (broad SMARTS) is 1. The van der Waals surface area contributed by atoms with Crippen molar-refractivity contribution >= 4 is 21.8 Å². The number of rotatable bonds is 4. The Labute approximate surface area is 105 Å². The number of hydrogen-bond donors (Lipinski definition) is 2. The lowest BCUT2D eigenvalue weighted by Gasteiger charge is -2.34. The SMILES string of the molecule is C=CCNC(=O)N1CCS(=O)(=O)CC1CC(=O)O. The molecule has 0 spiro atoms. The monoisotopic (exact) mass is 276 g/mol. The van der Waals surface area contributed by atoms with Crippen molar-refractivity contribution < 1.29 is 23.1 Å². The van der Waals surface area contributed by atoms with Crippen molar-refractivity contribution in [2.75, 3.05) is 24.6 Å². The second-order valence-electron chi connectivity index (χ2n) is 4.03. The van der Waals surface area contributed by atoms with E-state index >= 15 is 0 Å². The Morgan fingerprint density at radius 2 is 2.17 bits per heavy atom. The van der Waals surface area contributed by atoms with Gasteiger partial charge in [-0.25, -0.2) is 13.2 Å². The van der Waals surface area contributed by atoms with Crippen LogP contribution in [0.5, 0.6) is 0 Å². The number of amides is 2. The van der Waals surface area contributed by atoms with Crippen molar-refractivity contribution in [1.82, 2.24) is 10.2 Å². The van der Waals surface area contributed by atoms with E-state index in [1.807, 2.05) is 0 Å². The standard InChI is InChI=1S/C10H16N2O5S/c1-2-3-11-10(15)12-4-5-18(16,17)7-8(12)6-9(13)14/h2,8H,1,3-7H2,(H,11,15)(H,13,14). The van der Waals surface area contributed by atoms with Crippen molar-refractivity contribution in [1.29, 1.82) is 0 Å². The largest absolute Gasteiger partial charge is 0.481 e. The van der Waals surface area contributed by atoms with Gasteiger partial charge in [-0.1, -0.05) is 6.08 Å². The first-order chi connectivity index (χ1) is 8.35. The van der Waals surface area contributed by atoms with E-state index in [4.69, 9.17) is 5.11 Å². The van der Waals surface area contributed by atoms with Crippen LogP contribution in [-0.2, 0) is 14.6 Å². The summed E-state index contributed by atoms with van der Waals surface area (Å²) in [6.07, 6.45) is 1.12. The van der Waals surface area contributed by atoms with Gasteiger partial charge in [-0.05, 0) is 0 Å². The topological polar surface area (TPSA) is 104 Å². The molecule has 7 nitrogen and oxygen atoms in total. The van der Waals surface area contributed by atoms with Gasteiger partial charge in [-0.15, -0.1) is 6.58 Å². The Morgan fingerprint density at radius 1 is 1.50 bits per heavy atom. The molecule has 0 aromatic heterocycles. The smallest absolute Gasteiger partial charge is 0.317 e. The summed E-state index contributed by atoms with van der Waals surface area (Å²) in [5.74, 6) is -1.57. The summed E-state index contributed by atoms with van der Waals surface area (Å²) in [6.45, 7) is 3.71. The van der Waals surface area contributed by atoms with Gasteiger partial charge < -0.3 is 15.3 Å². The van der Waals surface area contributed by atoms with E-state index in [1.54, 1.807) is 0 Å². The molecule has 1 aliphatic rings. The second kappa shape index (κ2) is 5.85. The van der Waals surface area contributed by atoms with E-state index in [1.165, 1.54) is 11.0 Å². The van der Waals surface area contributed by atoms with Gasteiger partial charge in [-0.3, -0.25) is 4.79 Å². The molecule has 1 saturated heterocycles. The molecule has 2 N–H and O–H groups in total. The average molecular weight is 276 g/mol. The lowest BCUT2D eigenvalue weighted by atomic mass is 10.2. The van der Waals surface area contributed by atoms with Crippen molar-refractivity contribution in [2.45, 2.75) is 12.5 Å². The third kappa shape index (κ3) is 4.02. The maximum Gasteiger partial charge on any atom is 0.317 e. The van der Waals surface area contributed by atoms with Crippen LogP contribution in [-0.4, -0.2) is 61.1 Å². The zero-order chi connectivity index (χ0) is 13.8. The number of carbonyl (C=O) groups excluding carboxylic acids is 1. The van der Waals surface area contributed by atoms with Crippen LogP contribution in [0.4, 0.5) is 4.79 Å². The van der Waals surface area contributed by atoms with Crippen molar-refractivity contribution in [3.8, 4) is 0 Å². The number of sulfone groups is 1. The van der Waals surface area contributed by atoms with Gasteiger partial charge >= 0.3 is 12.0 Å². The normalized spacial score (nSPS) is 22.2. The van der Waals surface area contributed by atoms with Gasteiger partial charge in [-0.2, -0.15) is 0 Å². The molecule has 1 unspecified atom stereocenters. The summed E-state index contributed by atoms with van der Waals surface area (Å²) in [6, 6.07) is -1.28. The fourth-order valence-electron chi connectivity index (χ4n) is 1.79. The summed E-state index contributed by atoms with van der Waals surface area (Å²) in [4.78, 5) is 23.7. The van der Waals surface area contributed by atoms with Crippen LogP contribution in [0.25, 0.3) is 0 Å². The van der Waals surface area contributed by atoms with Crippen LogP contribution in [0.15, 0.2) is 12.7 Å². The predicted molar refractivity (Wildman–Crippen MR) is 65.0 cm³/mol. The molecule has 1 rings (SSSR count). The zero-order valence-electron chi connectivity index (χ0n) is 9.83. The summed E-state index contributed by atoms with van der Waals surface area (Å²) in [7, 11) is -3.27. The highest BCUT2D eigenvalue weighted by Gasteiger charge is 2.35. The van der Waals surface area contributed by atoms with Crippen LogP contribution in [0.3, 0.4) is 0 Å². The molecule has 0 radical (unpaired) electrons. The molecule has 0 bridgehead atoms. The second-order valence-corrected chi connectivity index (χ2v) is 6.26. The highest BCUT2D eigenvalue weighted by atomic mass is 32.2. The van der Waals surface area contributed by atoms with Crippen LogP contribution in [0.2, 0.25) is 0 Å². The van der Waals surface area contributed by atoms with Gasteiger partial charge in [0.05, 0.1) is 24.0 Å². The molecule has 0 aromatic carbocycles. The number of carboxylic acids is 1. The fraction of sp³-hybridized carbons (Fsp3) is 0.600. The minimum absolute atomic E-state index is 0.0171. The highest BCUT2D eigenvalue weighted by molar-refractivity contribution is 7.91. The number of aliphatic carboxylic acids is 1. The Morgan fingerprint density at radius 3 is 2.72 bits per heavy atom. The van der Waals surface area contributed by atoms with Crippen molar-refractivity contribution in [3.05, 3.63) is 12.7 Å². The van der Waals surface area contributed by atoms with E-state index in [2.05, 4.69) is 11.9 Å². The Bertz CT molecular complexity index is 445. The summed E-state index contributed by atoms with van der Waals surface area (Å²) in [5.41, 5.74) is 0. The van der Waals surface area contributed by atoms with E-state index in [9.17, 15) is 18.0 Å². The molecular formula is C10H16N2O5S. The first-order valence-corrected chi connectivity index (χ1v) is 7.25. The number of hydrogen-bond acceptors (Lipinski definition) is 4. The van der Waals surface area contributed by atoms with E-state index in [0.29, 0.717) is 0 Å². The van der Waals surface area contributed by atoms with Gasteiger partial charge in [0.25, 0.3) is 0 Å². The molecule has 0 aromatic rings. The first kappa shape index (κ1) is 14.5. The Balaban J connectivity index is 2.77. The number of urea groups is 1. The van der Waals surface area contributed by atoms with Gasteiger partial charge in [0, 0.05) is 13.1 Å². The molecule has 1 fully saturated rings. The Kier molecular flexibility index (Phi) is 4.71. The summed E-state index contributed by atoms with van der Waals surface area (Å²) < 4.78 is 22.9. The molecule has 102 valence electrons. The molecule has 1 atom stereocenters. The van der Waals surface area contributed by atoms with Gasteiger partial charge in [0.15, 0.2) is 9.84 Å². The lowest BCUT2D eigenvalue weighted by Crippen LogP contribution is -2.55. The number of nitrogens with zero attached hydrogens (tertiary/aromatic N) is 1. The minimum Gasteiger partial charge on any atom is -0.481 e. The van der Waals surface area contributed by atoms with E-state index in [-0.39, 0.29) is 31.0 Å². The number of nitrogens with one attached hydrogen (secondary N) is 1. The van der Waals surface area contributed by atoms with Crippen LogP contribution >= 0.6 is 0 Å². The Hall–Kier alpha value is -1.57. The first-order valence-electron chi connectivity index (χ1n) is 5.43. The predicted octanol–water partition coefficient (Wildman–Crippen LogP) is -0.544. The maximum atomic E-state index is 11.7. The van der Waals surface area contributed by atoms with Crippen molar-refractivity contribution in [3.63, 3.8) is 0 Å². The molecule has 8 heteroatoms. The van der Waals surface area contributed by atoms with Crippen LogP contribution in [0.1, 0.15) is 6.42 Å². The number of carbonyl (C=O) groups is 2. The molecule has 1 heterocycles. The lowest BCUT2D eigenvalue weighted by molar-refractivity contribution is -0.138. The summed E-state index contributed by atoms with van der Waals surface area (Å²) >= 11 is 0. The molecule has 2 amide bonds. The molecule has 0 aliphatic carbocycles. The quantitative estimate of drug-likeness (QED) is 0.671. The zero-order valence-corrected chi connectivity index (χ0v) is 10.6. The van der Waals surface area contributed by atoms with E-state index in [0.717, 1.165) is 0 Å². The molecular weight excluding hydrogens is 260 g/mol. The average Bonchev–Trinajstić information content (AvgIpc) is 2.24. The third-order valence-electron chi connectivity index (χ3n) is 2.60. The van der Waals surface area contributed by atoms with Gasteiger partial charge in [0.1, 0.15) is 0 Å². The molecule has 18 heavy (non-hydrogen) atoms. The van der Waals surface area contributed by atoms with Gasteiger partial charge in [0.2, 0.25) is 0 Å². The highest BCUT2D eigenvalue weighted by Crippen LogP contribution is 2.15.